The Morgan fingerprint density at radius 2 is 2.32 bits per heavy atom. The molecule has 5 heteroatoms. The van der Waals surface area contributed by atoms with Crippen molar-refractivity contribution < 1.29 is 13.9 Å². The van der Waals surface area contributed by atoms with Crippen LogP contribution in [0.1, 0.15) is 29.6 Å². The summed E-state index contributed by atoms with van der Waals surface area (Å²) in [5.74, 6) is -0.522. The van der Waals surface area contributed by atoms with Crippen molar-refractivity contribution in [2.45, 2.75) is 24.6 Å². The fourth-order valence-corrected chi connectivity index (χ4v) is 2.80. The molecule has 19 heavy (non-hydrogen) atoms. The van der Waals surface area contributed by atoms with E-state index in [0.29, 0.717) is 6.54 Å². The second-order valence-electron chi connectivity index (χ2n) is 4.73. The van der Waals surface area contributed by atoms with Gasteiger partial charge < -0.3 is 10.1 Å². The van der Waals surface area contributed by atoms with Crippen molar-refractivity contribution in [3.63, 3.8) is 0 Å². The van der Waals surface area contributed by atoms with Crippen molar-refractivity contribution in [2.24, 2.45) is 5.92 Å². The summed E-state index contributed by atoms with van der Waals surface area (Å²) >= 11 is 6.15. The van der Waals surface area contributed by atoms with Gasteiger partial charge in [0.2, 0.25) is 0 Å². The van der Waals surface area contributed by atoms with Crippen molar-refractivity contribution in [3.05, 3.63) is 29.6 Å². The Labute approximate surface area is 117 Å². The lowest BCUT2D eigenvalue weighted by molar-refractivity contribution is 0.0940. The van der Waals surface area contributed by atoms with Crippen LogP contribution in [0.2, 0.25) is 0 Å². The lowest BCUT2D eigenvalue weighted by atomic mass is 10.1. The first kappa shape index (κ1) is 14.1. The maximum absolute atomic E-state index is 13.7. The van der Waals surface area contributed by atoms with Crippen LogP contribution in [-0.4, -0.2) is 24.9 Å². The average Bonchev–Trinajstić information content (AvgIpc) is 2.81. The SMILES string of the molecule is COc1cccc(F)c1C(=O)NCC1CCCC1Cl. The number of rotatable bonds is 4. The lowest BCUT2D eigenvalue weighted by Crippen LogP contribution is -2.31. The zero-order valence-corrected chi connectivity index (χ0v) is 11.5. The highest BCUT2D eigenvalue weighted by molar-refractivity contribution is 6.21. The molecule has 1 aliphatic carbocycles. The highest BCUT2D eigenvalue weighted by Crippen LogP contribution is 2.29. The van der Waals surface area contributed by atoms with E-state index in [0.717, 1.165) is 19.3 Å². The van der Waals surface area contributed by atoms with Gasteiger partial charge in [0.15, 0.2) is 0 Å². The van der Waals surface area contributed by atoms with Crippen LogP contribution in [0.3, 0.4) is 0 Å². The summed E-state index contributed by atoms with van der Waals surface area (Å²) in [6.07, 6.45) is 3.06. The second-order valence-corrected chi connectivity index (χ2v) is 5.29. The molecule has 1 fully saturated rings. The minimum Gasteiger partial charge on any atom is -0.496 e. The third-order valence-electron chi connectivity index (χ3n) is 3.51. The summed E-state index contributed by atoms with van der Waals surface area (Å²) in [5, 5.41) is 2.84. The molecule has 1 aromatic rings. The molecule has 0 heterocycles. The normalized spacial score (nSPS) is 22.3. The number of alkyl halides is 1. The van der Waals surface area contributed by atoms with Gasteiger partial charge in [-0.05, 0) is 30.9 Å². The molecule has 104 valence electrons. The third kappa shape index (κ3) is 3.18. The number of methoxy groups -OCH3 is 1. The van der Waals surface area contributed by atoms with Gasteiger partial charge in [-0.2, -0.15) is 0 Å². The largest absolute Gasteiger partial charge is 0.496 e. The van der Waals surface area contributed by atoms with E-state index in [1.165, 1.54) is 19.2 Å². The molecule has 1 aromatic carbocycles. The van der Waals surface area contributed by atoms with Crippen molar-refractivity contribution in [3.8, 4) is 5.75 Å². The standard InChI is InChI=1S/C14H17ClFNO2/c1-19-12-7-3-6-11(16)13(12)14(18)17-8-9-4-2-5-10(9)15/h3,6-7,9-10H,2,4-5,8H2,1H3,(H,17,18). The van der Waals surface area contributed by atoms with E-state index in [1.807, 2.05) is 0 Å². The zero-order valence-electron chi connectivity index (χ0n) is 10.8. The van der Waals surface area contributed by atoms with Gasteiger partial charge in [-0.15, -0.1) is 11.6 Å². The Morgan fingerprint density at radius 1 is 1.53 bits per heavy atom. The molecule has 2 atom stereocenters. The quantitative estimate of drug-likeness (QED) is 0.864. The smallest absolute Gasteiger partial charge is 0.258 e. The molecule has 2 unspecified atom stereocenters. The summed E-state index contributed by atoms with van der Waals surface area (Å²) in [7, 11) is 1.41. The first-order valence-corrected chi connectivity index (χ1v) is 6.82. The van der Waals surface area contributed by atoms with Crippen molar-refractivity contribution in [2.75, 3.05) is 13.7 Å². The molecule has 0 aromatic heterocycles. The van der Waals surface area contributed by atoms with Gasteiger partial charge in [-0.3, -0.25) is 4.79 Å². The van der Waals surface area contributed by atoms with Crippen LogP contribution in [0, 0.1) is 11.7 Å². The number of amides is 1. The Hall–Kier alpha value is -1.29. The van der Waals surface area contributed by atoms with Crippen LogP contribution < -0.4 is 10.1 Å². The van der Waals surface area contributed by atoms with E-state index in [2.05, 4.69) is 5.32 Å². The van der Waals surface area contributed by atoms with Crippen molar-refractivity contribution in [1.29, 1.82) is 0 Å². The van der Waals surface area contributed by atoms with Gasteiger partial charge in [-0.25, -0.2) is 4.39 Å². The Morgan fingerprint density at radius 3 is 2.95 bits per heavy atom. The molecule has 0 saturated heterocycles. The minimum absolute atomic E-state index is 0.0471. The van der Waals surface area contributed by atoms with Crippen LogP contribution in [-0.2, 0) is 0 Å². The number of ether oxygens (including phenoxy) is 1. The van der Waals surface area contributed by atoms with Crippen LogP contribution in [0.25, 0.3) is 0 Å². The van der Waals surface area contributed by atoms with Crippen molar-refractivity contribution in [1.82, 2.24) is 5.32 Å². The summed E-state index contributed by atoms with van der Waals surface area (Å²) in [4.78, 5) is 12.0. The maximum atomic E-state index is 13.7. The Bertz CT molecular complexity index is 467. The number of benzene rings is 1. The molecule has 0 spiro atoms. The van der Waals surface area contributed by atoms with Gasteiger partial charge in [0.1, 0.15) is 17.1 Å². The minimum atomic E-state index is -0.578. The molecule has 0 bridgehead atoms. The molecule has 2 rings (SSSR count). The Balaban J connectivity index is 2.03. The monoisotopic (exact) mass is 285 g/mol. The third-order valence-corrected chi connectivity index (χ3v) is 4.09. The topological polar surface area (TPSA) is 38.3 Å². The number of hydrogen-bond donors (Lipinski definition) is 1. The van der Waals surface area contributed by atoms with E-state index in [4.69, 9.17) is 16.3 Å². The maximum Gasteiger partial charge on any atom is 0.258 e. The van der Waals surface area contributed by atoms with E-state index in [1.54, 1.807) is 6.07 Å². The summed E-state index contributed by atoms with van der Waals surface area (Å²) in [5.41, 5.74) is -0.0471. The van der Waals surface area contributed by atoms with Crippen LogP contribution in [0.5, 0.6) is 5.75 Å². The predicted octanol–water partition coefficient (Wildman–Crippen LogP) is 2.97. The van der Waals surface area contributed by atoms with E-state index < -0.39 is 11.7 Å². The molecule has 1 saturated carbocycles. The fraction of sp³-hybridized carbons (Fsp3) is 0.500. The molecule has 3 nitrogen and oxygen atoms in total. The number of hydrogen-bond acceptors (Lipinski definition) is 2. The molecule has 1 amide bonds. The van der Waals surface area contributed by atoms with Gasteiger partial charge >= 0.3 is 0 Å². The molecule has 1 aliphatic rings. The Kier molecular flexibility index (Phi) is 4.64. The van der Waals surface area contributed by atoms with E-state index >= 15 is 0 Å². The summed E-state index contributed by atoms with van der Waals surface area (Å²) in [6, 6.07) is 4.33. The number of carbonyl (C=O) groups excluding carboxylic acids is 1. The first-order valence-electron chi connectivity index (χ1n) is 6.38. The van der Waals surface area contributed by atoms with Crippen LogP contribution in [0.15, 0.2) is 18.2 Å². The summed E-state index contributed by atoms with van der Waals surface area (Å²) in [6.45, 7) is 0.477. The average molecular weight is 286 g/mol. The molecular weight excluding hydrogens is 269 g/mol. The van der Waals surface area contributed by atoms with Gasteiger partial charge in [-0.1, -0.05) is 12.5 Å². The first-order chi connectivity index (χ1) is 9.13. The molecule has 0 aliphatic heterocycles. The molecule has 1 N–H and O–H groups in total. The number of nitrogens with one attached hydrogen (secondary N) is 1. The van der Waals surface area contributed by atoms with E-state index in [9.17, 15) is 9.18 Å². The highest BCUT2D eigenvalue weighted by Gasteiger charge is 2.26. The van der Waals surface area contributed by atoms with Crippen LogP contribution >= 0.6 is 11.6 Å². The van der Waals surface area contributed by atoms with Gasteiger partial charge in [0.25, 0.3) is 5.91 Å². The fourth-order valence-electron chi connectivity index (χ4n) is 2.43. The number of halogens is 2. The second kappa shape index (κ2) is 6.24. The molecular formula is C14H17ClFNO2. The number of carbonyl (C=O) groups is 1. The predicted molar refractivity (Wildman–Crippen MR) is 72.3 cm³/mol. The zero-order chi connectivity index (χ0) is 13.8. The highest BCUT2D eigenvalue weighted by atomic mass is 35.5. The van der Waals surface area contributed by atoms with Crippen molar-refractivity contribution >= 4 is 17.5 Å². The van der Waals surface area contributed by atoms with Crippen LogP contribution in [0.4, 0.5) is 4.39 Å². The van der Waals surface area contributed by atoms with Gasteiger partial charge in [0, 0.05) is 11.9 Å². The van der Waals surface area contributed by atoms with Gasteiger partial charge in [0.05, 0.1) is 7.11 Å². The molecule has 0 radical (unpaired) electrons. The lowest BCUT2D eigenvalue weighted by Gasteiger charge is -2.15. The van der Waals surface area contributed by atoms with E-state index in [-0.39, 0.29) is 22.6 Å². The summed E-state index contributed by atoms with van der Waals surface area (Å²) < 4.78 is 18.7.